The van der Waals surface area contributed by atoms with Crippen LogP contribution >= 0.6 is 35.0 Å². The van der Waals surface area contributed by atoms with E-state index in [1.54, 1.807) is 11.8 Å². The average molecular weight is 425 g/mol. The standard InChI is InChI=1S/C16H22Cl2N2O3S2/c1-25(22,23)20-8-5-12(6-9-20)16(21)19-7-10-24-11-13-14(17)3-2-4-15(13)18/h2-4,12H,5-11H2,1H3,(H,19,21). The summed E-state index contributed by atoms with van der Waals surface area (Å²) in [5.74, 6) is 1.35. The number of nitrogens with zero attached hydrogens (tertiary/aromatic N) is 1. The summed E-state index contributed by atoms with van der Waals surface area (Å²) in [5, 5.41) is 4.24. The summed E-state index contributed by atoms with van der Waals surface area (Å²) in [6.45, 7) is 1.39. The molecule has 2 rings (SSSR count). The summed E-state index contributed by atoms with van der Waals surface area (Å²) in [6, 6.07) is 5.44. The van der Waals surface area contributed by atoms with Crippen molar-refractivity contribution in [2.45, 2.75) is 18.6 Å². The minimum atomic E-state index is -3.16. The van der Waals surface area contributed by atoms with Crippen molar-refractivity contribution < 1.29 is 13.2 Å². The van der Waals surface area contributed by atoms with Gasteiger partial charge in [-0.25, -0.2) is 12.7 Å². The summed E-state index contributed by atoms with van der Waals surface area (Å²) >= 11 is 13.9. The number of rotatable bonds is 7. The van der Waals surface area contributed by atoms with E-state index in [9.17, 15) is 13.2 Å². The van der Waals surface area contributed by atoms with Gasteiger partial charge in [-0.1, -0.05) is 29.3 Å². The normalized spacial score (nSPS) is 16.8. The fraction of sp³-hybridized carbons (Fsp3) is 0.562. The Kier molecular flexibility index (Phi) is 7.89. The lowest BCUT2D eigenvalue weighted by atomic mass is 9.97. The topological polar surface area (TPSA) is 66.5 Å². The summed E-state index contributed by atoms with van der Waals surface area (Å²) in [7, 11) is -3.16. The molecule has 0 unspecified atom stereocenters. The van der Waals surface area contributed by atoms with Crippen LogP contribution in [0.1, 0.15) is 18.4 Å². The van der Waals surface area contributed by atoms with Gasteiger partial charge in [-0.3, -0.25) is 4.79 Å². The number of benzene rings is 1. The monoisotopic (exact) mass is 424 g/mol. The van der Waals surface area contributed by atoms with Crippen LogP contribution in [0.4, 0.5) is 0 Å². The third-order valence-corrected chi connectivity index (χ3v) is 7.14. The Morgan fingerprint density at radius 1 is 1.28 bits per heavy atom. The maximum atomic E-state index is 12.2. The van der Waals surface area contributed by atoms with Crippen LogP contribution in [0.15, 0.2) is 18.2 Å². The second-order valence-corrected chi connectivity index (χ2v) is 9.88. The Labute approximate surface area is 163 Å². The fourth-order valence-electron chi connectivity index (χ4n) is 2.68. The molecule has 0 atom stereocenters. The van der Waals surface area contributed by atoms with Crippen LogP contribution in [0.25, 0.3) is 0 Å². The summed E-state index contributed by atoms with van der Waals surface area (Å²) < 4.78 is 24.4. The molecule has 0 bridgehead atoms. The molecular weight excluding hydrogens is 403 g/mol. The molecule has 1 aliphatic heterocycles. The van der Waals surface area contributed by atoms with E-state index in [1.807, 2.05) is 18.2 Å². The van der Waals surface area contributed by atoms with Gasteiger partial charge in [0.1, 0.15) is 0 Å². The summed E-state index contributed by atoms with van der Waals surface area (Å²) in [4.78, 5) is 12.2. The van der Waals surface area contributed by atoms with Gasteiger partial charge in [0, 0.05) is 47.1 Å². The van der Waals surface area contributed by atoms with Crippen molar-refractivity contribution in [2.24, 2.45) is 5.92 Å². The van der Waals surface area contributed by atoms with E-state index in [4.69, 9.17) is 23.2 Å². The third-order valence-electron chi connectivity index (χ3n) is 4.15. The zero-order valence-corrected chi connectivity index (χ0v) is 17.1. The van der Waals surface area contributed by atoms with Crippen molar-refractivity contribution in [3.63, 3.8) is 0 Å². The second-order valence-electron chi connectivity index (χ2n) is 5.98. The molecule has 1 fully saturated rings. The molecule has 0 spiro atoms. The Balaban J connectivity index is 1.66. The Bertz CT molecular complexity index is 685. The zero-order chi connectivity index (χ0) is 18.4. The van der Waals surface area contributed by atoms with Crippen molar-refractivity contribution in [1.82, 2.24) is 9.62 Å². The molecule has 1 saturated heterocycles. The highest BCUT2D eigenvalue weighted by Gasteiger charge is 2.28. The van der Waals surface area contributed by atoms with Gasteiger partial charge in [0.2, 0.25) is 15.9 Å². The van der Waals surface area contributed by atoms with Crippen LogP contribution in [0.3, 0.4) is 0 Å². The molecule has 0 saturated carbocycles. The van der Waals surface area contributed by atoms with Crippen molar-refractivity contribution in [3.8, 4) is 0 Å². The van der Waals surface area contributed by atoms with Gasteiger partial charge in [0.25, 0.3) is 0 Å². The predicted molar refractivity (Wildman–Crippen MR) is 105 cm³/mol. The Morgan fingerprint density at radius 2 is 1.88 bits per heavy atom. The van der Waals surface area contributed by atoms with E-state index in [2.05, 4.69) is 5.32 Å². The molecule has 1 aliphatic rings. The predicted octanol–water partition coefficient (Wildman–Crippen LogP) is 3.01. The number of hydrogen-bond acceptors (Lipinski definition) is 4. The van der Waals surface area contributed by atoms with E-state index in [1.165, 1.54) is 10.6 Å². The number of carbonyl (C=O) groups is 1. The number of halogens is 2. The minimum absolute atomic E-state index is 0.00419. The molecule has 1 heterocycles. The third kappa shape index (κ3) is 6.32. The van der Waals surface area contributed by atoms with Crippen molar-refractivity contribution in [3.05, 3.63) is 33.8 Å². The highest BCUT2D eigenvalue weighted by atomic mass is 35.5. The first-order valence-corrected chi connectivity index (χ1v) is 11.8. The van der Waals surface area contributed by atoms with E-state index in [-0.39, 0.29) is 11.8 Å². The first-order chi connectivity index (χ1) is 11.8. The zero-order valence-electron chi connectivity index (χ0n) is 14.0. The SMILES string of the molecule is CS(=O)(=O)N1CCC(C(=O)NCCSCc2c(Cl)cccc2Cl)CC1. The molecule has 0 aliphatic carbocycles. The Morgan fingerprint density at radius 3 is 2.44 bits per heavy atom. The molecule has 9 heteroatoms. The van der Waals surface area contributed by atoms with Crippen molar-refractivity contribution >= 4 is 50.9 Å². The Hall–Kier alpha value is -0.470. The summed E-state index contributed by atoms with van der Waals surface area (Å²) in [6.07, 6.45) is 2.35. The number of hydrogen-bond donors (Lipinski definition) is 1. The number of thioether (sulfide) groups is 1. The van der Waals surface area contributed by atoms with Gasteiger partial charge in [0.05, 0.1) is 6.26 Å². The molecular formula is C16H22Cl2N2O3S2. The van der Waals surface area contributed by atoms with Crippen molar-refractivity contribution in [1.29, 1.82) is 0 Å². The molecule has 1 N–H and O–H groups in total. The lowest BCUT2D eigenvalue weighted by molar-refractivity contribution is -0.125. The van der Waals surface area contributed by atoms with Gasteiger partial charge in [-0.2, -0.15) is 11.8 Å². The second kappa shape index (κ2) is 9.46. The first kappa shape index (κ1) is 20.8. The lowest BCUT2D eigenvalue weighted by Crippen LogP contribution is -2.42. The quantitative estimate of drug-likeness (QED) is 0.682. The molecule has 0 aromatic heterocycles. The smallest absolute Gasteiger partial charge is 0.223 e. The molecule has 5 nitrogen and oxygen atoms in total. The van der Waals surface area contributed by atoms with Crippen LogP contribution in [0.2, 0.25) is 10.0 Å². The van der Waals surface area contributed by atoms with Crippen LogP contribution < -0.4 is 5.32 Å². The van der Waals surface area contributed by atoms with Crippen LogP contribution in [-0.2, 0) is 20.6 Å². The van der Waals surface area contributed by atoms with Crippen molar-refractivity contribution in [2.75, 3.05) is 31.6 Å². The molecule has 140 valence electrons. The first-order valence-electron chi connectivity index (χ1n) is 8.02. The van der Waals surface area contributed by atoms with E-state index in [0.29, 0.717) is 48.3 Å². The lowest BCUT2D eigenvalue weighted by Gasteiger charge is -2.29. The van der Waals surface area contributed by atoms with Crippen LogP contribution in [0, 0.1) is 5.92 Å². The highest BCUT2D eigenvalue weighted by molar-refractivity contribution is 7.98. The molecule has 1 aromatic rings. The number of piperidine rings is 1. The summed E-state index contributed by atoms with van der Waals surface area (Å²) in [5.41, 5.74) is 0.912. The maximum Gasteiger partial charge on any atom is 0.223 e. The molecule has 0 radical (unpaired) electrons. The molecule has 1 aromatic carbocycles. The number of nitrogens with one attached hydrogen (secondary N) is 1. The van der Waals surface area contributed by atoms with Crippen LogP contribution in [0.5, 0.6) is 0 Å². The highest BCUT2D eigenvalue weighted by Crippen LogP contribution is 2.28. The van der Waals surface area contributed by atoms with Gasteiger partial charge < -0.3 is 5.32 Å². The number of carbonyl (C=O) groups excluding carboxylic acids is 1. The number of sulfonamides is 1. The average Bonchev–Trinajstić information content (AvgIpc) is 2.56. The minimum Gasteiger partial charge on any atom is -0.355 e. The maximum absolute atomic E-state index is 12.2. The largest absolute Gasteiger partial charge is 0.355 e. The van der Waals surface area contributed by atoms with E-state index >= 15 is 0 Å². The molecule has 1 amide bonds. The van der Waals surface area contributed by atoms with E-state index in [0.717, 1.165) is 11.3 Å². The van der Waals surface area contributed by atoms with Gasteiger partial charge in [-0.15, -0.1) is 0 Å². The van der Waals surface area contributed by atoms with E-state index < -0.39 is 10.0 Å². The number of amides is 1. The van der Waals surface area contributed by atoms with Gasteiger partial charge >= 0.3 is 0 Å². The van der Waals surface area contributed by atoms with Gasteiger partial charge in [-0.05, 0) is 30.5 Å². The fourth-order valence-corrected chi connectivity index (χ4v) is 5.15. The van der Waals surface area contributed by atoms with Crippen LogP contribution in [-0.4, -0.2) is 50.3 Å². The van der Waals surface area contributed by atoms with Gasteiger partial charge in [0.15, 0.2) is 0 Å². The molecule has 25 heavy (non-hydrogen) atoms.